The van der Waals surface area contributed by atoms with Crippen LogP contribution in [-0.4, -0.2) is 48.8 Å². The Balaban J connectivity index is 1.22. The van der Waals surface area contributed by atoms with Crippen LogP contribution >= 0.6 is 22.7 Å². The number of nitrogens with zero attached hydrogens (tertiary/aromatic N) is 1. The van der Waals surface area contributed by atoms with Gasteiger partial charge in [0.15, 0.2) is 0 Å². The third-order valence-corrected chi connectivity index (χ3v) is 10.4. The predicted molar refractivity (Wildman–Crippen MR) is 142 cm³/mol. The van der Waals surface area contributed by atoms with Crippen LogP contribution in [0.15, 0.2) is 65.4 Å². The topological polar surface area (TPSA) is 46.5 Å². The maximum Gasteiger partial charge on any atom is 0.349 e. The van der Waals surface area contributed by atoms with Crippen LogP contribution in [0.3, 0.4) is 0 Å². The van der Waals surface area contributed by atoms with Gasteiger partial charge in [0.1, 0.15) is 0 Å². The summed E-state index contributed by atoms with van der Waals surface area (Å²) in [6, 6.07) is 18.7. The average Bonchev–Trinajstić information content (AvgIpc) is 3.67. The van der Waals surface area contributed by atoms with Crippen LogP contribution in [0.25, 0.3) is 0 Å². The summed E-state index contributed by atoms with van der Waals surface area (Å²) in [7, 11) is 4.76. The highest BCUT2D eigenvalue weighted by atomic mass is 32.1. The summed E-state index contributed by atoms with van der Waals surface area (Å²) in [5.41, 5.74) is -0.305. The Labute approximate surface area is 216 Å². The fourth-order valence-corrected chi connectivity index (χ4v) is 8.29. The fourth-order valence-electron chi connectivity index (χ4n) is 6.57. The van der Waals surface area contributed by atoms with Gasteiger partial charge in [-0.3, -0.25) is 0 Å². The number of ether oxygens (including phenoxy) is 1. The van der Waals surface area contributed by atoms with Gasteiger partial charge in [0.25, 0.3) is 0 Å². The minimum atomic E-state index is -1.72. The van der Waals surface area contributed by atoms with E-state index in [4.69, 9.17) is 4.74 Å². The molecule has 1 aromatic carbocycles. The first-order valence-electron chi connectivity index (χ1n) is 12.7. The van der Waals surface area contributed by atoms with Crippen LogP contribution in [-0.2, 0) is 21.6 Å². The SMILES string of the molecule is C[N+](C)(CCCc1ccccc1)C1CC2CCC1C2COC(=O)C(O)(c1cccs1)c1cccs1. The van der Waals surface area contributed by atoms with E-state index in [2.05, 4.69) is 44.4 Å². The van der Waals surface area contributed by atoms with Gasteiger partial charge in [-0.2, -0.15) is 0 Å². The van der Waals surface area contributed by atoms with Gasteiger partial charge in [-0.1, -0.05) is 42.5 Å². The van der Waals surface area contributed by atoms with Gasteiger partial charge in [-0.05, 0) is 53.6 Å². The highest BCUT2D eigenvalue weighted by molar-refractivity contribution is 7.12. The molecule has 2 bridgehead atoms. The monoisotopic (exact) mass is 510 g/mol. The van der Waals surface area contributed by atoms with Gasteiger partial charge >= 0.3 is 5.97 Å². The third kappa shape index (κ3) is 4.86. The Morgan fingerprint density at radius 3 is 2.34 bits per heavy atom. The zero-order valence-corrected chi connectivity index (χ0v) is 22.3. The van der Waals surface area contributed by atoms with Gasteiger partial charge in [-0.25, -0.2) is 4.79 Å². The second-order valence-electron chi connectivity index (χ2n) is 10.8. The summed E-state index contributed by atoms with van der Waals surface area (Å²) in [6.07, 6.45) is 5.96. The van der Waals surface area contributed by atoms with E-state index in [1.807, 2.05) is 35.0 Å². The minimum Gasteiger partial charge on any atom is -0.463 e. The van der Waals surface area contributed by atoms with Crippen molar-refractivity contribution in [3.63, 3.8) is 0 Å². The molecule has 2 aliphatic rings. The second kappa shape index (κ2) is 10.2. The number of aliphatic hydroxyl groups is 1. The van der Waals surface area contributed by atoms with Crippen molar-refractivity contribution in [1.29, 1.82) is 0 Å². The Bertz CT molecular complexity index is 1060. The zero-order chi connectivity index (χ0) is 24.5. The molecule has 0 radical (unpaired) electrons. The van der Waals surface area contributed by atoms with E-state index in [9.17, 15) is 9.90 Å². The number of thiophene rings is 2. The Morgan fingerprint density at radius 1 is 1.03 bits per heavy atom. The predicted octanol–water partition coefficient (Wildman–Crippen LogP) is 5.71. The van der Waals surface area contributed by atoms with Crippen molar-refractivity contribution in [2.24, 2.45) is 17.8 Å². The van der Waals surface area contributed by atoms with Crippen molar-refractivity contribution in [2.45, 2.75) is 43.7 Å². The van der Waals surface area contributed by atoms with Crippen LogP contribution in [0, 0.1) is 17.8 Å². The first kappa shape index (κ1) is 24.7. The highest BCUT2D eigenvalue weighted by Crippen LogP contribution is 2.52. The zero-order valence-electron chi connectivity index (χ0n) is 20.6. The van der Waals surface area contributed by atoms with E-state index in [0.29, 0.717) is 40.2 Å². The molecule has 35 heavy (non-hydrogen) atoms. The van der Waals surface area contributed by atoms with Crippen molar-refractivity contribution in [1.82, 2.24) is 0 Å². The number of carbonyl (C=O) groups is 1. The number of quaternary nitrogens is 1. The number of fused-ring (bicyclic) bond motifs is 2. The van der Waals surface area contributed by atoms with E-state index in [1.165, 1.54) is 53.9 Å². The molecule has 2 fully saturated rings. The maximum absolute atomic E-state index is 13.3. The molecular weight excluding hydrogens is 474 g/mol. The van der Waals surface area contributed by atoms with Crippen molar-refractivity contribution in [3.8, 4) is 0 Å². The first-order valence-corrected chi connectivity index (χ1v) is 14.5. The quantitative estimate of drug-likeness (QED) is 0.281. The molecule has 4 nitrogen and oxygen atoms in total. The largest absolute Gasteiger partial charge is 0.463 e. The van der Waals surface area contributed by atoms with Crippen LogP contribution in [0.1, 0.15) is 41.0 Å². The van der Waals surface area contributed by atoms with E-state index in [1.54, 1.807) is 0 Å². The van der Waals surface area contributed by atoms with Gasteiger partial charge in [-0.15, -0.1) is 22.7 Å². The number of esters is 1. The van der Waals surface area contributed by atoms with E-state index < -0.39 is 11.6 Å². The minimum absolute atomic E-state index is 0.395. The number of rotatable bonds is 10. The molecule has 2 aliphatic carbocycles. The lowest BCUT2D eigenvalue weighted by atomic mass is 9.91. The Kier molecular flexibility index (Phi) is 7.18. The molecule has 3 aromatic rings. The molecule has 2 heterocycles. The molecule has 6 heteroatoms. The van der Waals surface area contributed by atoms with Crippen molar-refractivity contribution < 1.29 is 19.1 Å². The number of benzene rings is 1. The molecule has 0 aliphatic heterocycles. The highest BCUT2D eigenvalue weighted by Gasteiger charge is 2.54. The van der Waals surface area contributed by atoms with Crippen LogP contribution < -0.4 is 0 Å². The van der Waals surface area contributed by atoms with Crippen LogP contribution in [0.5, 0.6) is 0 Å². The van der Waals surface area contributed by atoms with E-state index >= 15 is 0 Å². The number of hydrogen-bond acceptors (Lipinski definition) is 5. The average molecular weight is 511 g/mol. The lowest BCUT2D eigenvalue weighted by Gasteiger charge is -2.41. The molecule has 0 amide bonds. The smallest absolute Gasteiger partial charge is 0.349 e. The van der Waals surface area contributed by atoms with E-state index in [0.717, 1.165) is 17.4 Å². The Morgan fingerprint density at radius 2 is 1.71 bits per heavy atom. The number of carbonyl (C=O) groups excluding carboxylic acids is 1. The molecule has 2 aromatic heterocycles. The standard InChI is InChI=1S/C29H36NO3S2/c1-30(2,16-6-11-21-9-4-3-5-10-21)25-19-22-14-15-23(25)24(22)20-33-28(31)29(32,26-12-7-17-34-26)27-13-8-18-35-27/h3-5,7-10,12-13,17-18,22-25,32H,6,11,14-16,19-20H2,1-2H3/q+1. The van der Waals surface area contributed by atoms with Crippen LogP contribution in [0.2, 0.25) is 0 Å². The first-order chi connectivity index (χ1) is 16.9. The number of hydrogen-bond donors (Lipinski definition) is 1. The molecule has 1 N–H and O–H groups in total. The van der Waals surface area contributed by atoms with Crippen LogP contribution in [0.4, 0.5) is 0 Å². The van der Waals surface area contributed by atoms with Crippen molar-refractivity contribution in [2.75, 3.05) is 27.2 Å². The normalized spacial score (nSPS) is 24.1. The second-order valence-corrected chi connectivity index (χ2v) is 12.7. The maximum atomic E-state index is 13.3. The van der Waals surface area contributed by atoms with Gasteiger partial charge in [0.05, 0.1) is 43.0 Å². The summed E-state index contributed by atoms with van der Waals surface area (Å²) >= 11 is 2.78. The molecule has 4 unspecified atom stereocenters. The molecule has 0 spiro atoms. The fraction of sp³-hybridized carbons (Fsp3) is 0.483. The molecule has 186 valence electrons. The molecule has 0 saturated heterocycles. The summed E-state index contributed by atoms with van der Waals surface area (Å²) in [4.78, 5) is 14.6. The summed E-state index contributed by atoms with van der Waals surface area (Å²) in [6.45, 7) is 1.57. The molecule has 2 saturated carbocycles. The van der Waals surface area contributed by atoms with Crippen molar-refractivity contribution >= 4 is 28.6 Å². The third-order valence-electron chi connectivity index (χ3n) is 8.46. The van der Waals surface area contributed by atoms with E-state index in [-0.39, 0.29) is 0 Å². The Hall–Kier alpha value is -1.99. The van der Waals surface area contributed by atoms with Gasteiger partial charge < -0.3 is 14.3 Å². The molecule has 4 atom stereocenters. The summed E-state index contributed by atoms with van der Waals surface area (Å²) < 4.78 is 6.97. The summed E-state index contributed by atoms with van der Waals surface area (Å²) in [5.74, 6) is 1.05. The molecular formula is C29H36NO3S2+. The lowest BCUT2D eigenvalue weighted by molar-refractivity contribution is -0.918. The summed E-state index contributed by atoms with van der Waals surface area (Å²) in [5, 5.41) is 15.3. The van der Waals surface area contributed by atoms with Crippen molar-refractivity contribution in [3.05, 3.63) is 80.7 Å². The van der Waals surface area contributed by atoms with Gasteiger partial charge in [0, 0.05) is 24.7 Å². The number of aryl methyl sites for hydroxylation is 1. The van der Waals surface area contributed by atoms with Gasteiger partial charge in [0.2, 0.25) is 5.60 Å². The lowest BCUT2D eigenvalue weighted by Crippen LogP contribution is -2.52. The molecule has 5 rings (SSSR count).